The van der Waals surface area contributed by atoms with Crippen molar-refractivity contribution in [2.24, 2.45) is 0 Å². The molecule has 21 heavy (non-hydrogen) atoms. The SMILES string of the molecule is O=C(N1C[C@H]2C[C@H]1CS2)C1(c2ccc(Cl)cc2)CCCC1. The van der Waals surface area contributed by atoms with E-state index >= 15 is 0 Å². The maximum Gasteiger partial charge on any atom is 0.233 e. The Hall–Kier alpha value is -0.670. The van der Waals surface area contributed by atoms with Crippen molar-refractivity contribution in [3.05, 3.63) is 34.9 Å². The van der Waals surface area contributed by atoms with Gasteiger partial charge >= 0.3 is 0 Å². The summed E-state index contributed by atoms with van der Waals surface area (Å²) in [5.74, 6) is 1.52. The van der Waals surface area contributed by atoms with Crippen molar-refractivity contribution in [2.75, 3.05) is 12.3 Å². The number of hydrogen-bond acceptors (Lipinski definition) is 2. The Labute approximate surface area is 135 Å². The fraction of sp³-hybridized carbons (Fsp3) is 0.588. The van der Waals surface area contributed by atoms with Crippen LogP contribution in [0.1, 0.15) is 37.7 Å². The number of halogens is 1. The maximum absolute atomic E-state index is 13.3. The van der Waals surface area contributed by atoms with Crippen molar-refractivity contribution in [3.63, 3.8) is 0 Å². The summed E-state index contributed by atoms with van der Waals surface area (Å²) in [6, 6.07) is 8.47. The third-order valence-corrected chi connectivity index (χ3v) is 7.07. The van der Waals surface area contributed by atoms with Crippen LogP contribution in [0.2, 0.25) is 5.02 Å². The number of carbonyl (C=O) groups is 1. The van der Waals surface area contributed by atoms with E-state index in [0.717, 1.165) is 43.0 Å². The number of likely N-dealkylation sites (tertiary alicyclic amines) is 1. The normalized spacial score (nSPS) is 30.0. The minimum Gasteiger partial charge on any atom is -0.337 e. The molecule has 2 nitrogen and oxygen atoms in total. The van der Waals surface area contributed by atoms with Crippen LogP contribution >= 0.6 is 23.4 Å². The maximum atomic E-state index is 13.3. The second-order valence-electron chi connectivity index (χ2n) is 6.60. The van der Waals surface area contributed by atoms with Gasteiger partial charge in [0.1, 0.15) is 0 Å². The fourth-order valence-corrected chi connectivity index (χ4v) is 5.86. The molecule has 112 valence electrons. The van der Waals surface area contributed by atoms with Crippen molar-refractivity contribution in [1.82, 2.24) is 4.90 Å². The summed E-state index contributed by atoms with van der Waals surface area (Å²) in [4.78, 5) is 15.5. The van der Waals surface area contributed by atoms with E-state index in [1.165, 1.54) is 12.0 Å². The van der Waals surface area contributed by atoms with Crippen LogP contribution in [0.5, 0.6) is 0 Å². The Bertz CT molecular complexity index is 552. The van der Waals surface area contributed by atoms with Crippen LogP contribution in [0.15, 0.2) is 24.3 Å². The zero-order valence-electron chi connectivity index (χ0n) is 12.1. The van der Waals surface area contributed by atoms with Gasteiger partial charge in [0, 0.05) is 28.6 Å². The molecule has 1 aromatic rings. The second-order valence-corrected chi connectivity index (χ2v) is 8.37. The summed E-state index contributed by atoms with van der Waals surface area (Å²) < 4.78 is 0. The zero-order valence-corrected chi connectivity index (χ0v) is 13.6. The molecule has 0 unspecified atom stereocenters. The molecule has 2 atom stereocenters. The van der Waals surface area contributed by atoms with Crippen LogP contribution in [0.4, 0.5) is 0 Å². The lowest BCUT2D eigenvalue weighted by atomic mass is 9.77. The van der Waals surface area contributed by atoms with Gasteiger partial charge in [-0.3, -0.25) is 4.79 Å². The highest BCUT2D eigenvalue weighted by atomic mass is 35.5. The quantitative estimate of drug-likeness (QED) is 0.824. The number of hydrogen-bond donors (Lipinski definition) is 0. The molecule has 3 aliphatic rings. The topological polar surface area (TPSA) is 20.3 Å². The molecule has 4 heteroatoms. The lowest BCUT2D eigenvalue weighted by molar-refractivity contribution is -0.137. The molecule has 0 radical (unpaired) electrons. The van der Waals surface area contributed by atoms with Crippen molar-refractivity contribution in [2.45, 2.75) is 48.8 Å². The summed E-state index contributed by atoms with van der Waals surface area (Å²) in [7, 11) is 0. The van der Waals surface area contributed by atoms with Crippen molar-refractivity contribution < 1.29 is 4.79 Å². The summed E-state index contributed by atoms with van der Waals surface area (Å²) in [5.41, 5.74) is 0.893. The first kappa shape index (κ1) is 14.0. The molecular weight excluding hydrogens is 302 g/mol. The summed E-state index contributed by atoms with van der Waals surface area (Å²) in [6.07, 6.45) is 5.51. The van der Waals surface area contributed by atoms with Gasteiger partial charge < -0.3 is 4.90 Å². The monoisotopic (exact) mass is 321 g/mol. The van der Waals surface area contributed by atoms with Crippen LogP contribution in [-0.2, 0) is 10.2 Å². The minimum atomic E-state index is -0.278. The number of thioether (sulfide) groups is 1. The summed E-state index contributed by atoms with van der Waals surface area (Å²) >= 11 is 8.06. The molecule has 1 amide bonds. The highest BCUT2D eigenvalue weighted by molar-refractivity contribution is 8.00. The molecule has 1 saturated carbocycles. The molecule has 2 heterocycles. The van der Waals surface area contributed by atoms with E-state index in [1.54, 1.807) is 0 Å². The molecule has 2 bridgehead atoms. The molecule has 0 N–H and O–H groups in total. The Kier molecular flexibility index (Phi) is 3.46. The predicted octanol–water partition coefficient (Wildman–Crippen LogP) is 3.87. The van der Waals surface area contributed by atoms with Crippen LogP contribution in [0.25, 0.3) is 0 Å². The highest BCUT2D eigenvalue weighted by Crippen LogP contribution is 2.46. The molecule has 0 spiro atoms. The minimum absolute atomic E-state index is 0.278. The largest absolute Gasteiger partial charge is 0.337 e. The van der Waals surface area contributed by atoms with Gasteiger partial charge in [-0.1, -0.05) is 36.6 Å². The Morgan fingerprint density at radius 1 is 1.24 bits per heavy atom. The van der Waals surface area contributed by atoms with Crippen LogP contribution in [0, 0.1) is 0 Å². The van der Waals surface area contributed by atoms with Gasteiger partial charge in [-0.25, -0.2) is 0 Å². The third-order valence-electron chi connectivity index (χ3n) is 5.42. The zero-order chi connectivity index (χ0) is 14.4. The van der Waals surface area contributed by atoms with Gasteiger partial charge in [-0.05, 0) is 37.0 Å². The van der Waals surface area contributed by atoms with E-state index in [1.807, 2.05) is 23.9 Å². The van der Waals surface area contributed by atoms with Gasteiger partial charge in [-0.15, -0.1) is 0 Å². The lowest BCUT2D eigenvalue weighted by Gasteiger charge is -2.37. The molecule has 3 fully saturated rings. The molecule has 1 aliphatic carbocycles. The third kappa shape index (κ3) is 2.20. The second kappa shape index (κ2) is 5.20. The van der Waals surface area contributed by atoms with E-state index < -0.39 is 0 Å². The average Bonchev–Trinajstić information content (AvgIpc) is 3.23. The van der Waals surface area contributed by atoms with E-state index in [0.29, 0.717) is 17.2 Å². The predicted molar refractivity (Wildman–Crippen MR) is 88.0 cm³/mol. The van der Waals surface area contributed by atoms with E-state index in [9.17, 15) is 4.79 Å². The number of fused-ring (bicyclic) bond motifs is 2. The van der Waals surface area contributed by atoms with Crippen molar-refractivity contribution in [3.8, 4) is 0 Å². The molecule has 2 saturated heterocycles. The van der Waals surface area contributed by atoms with Crippen molar-refractivity contribution in [1.29, 1.82) is 0 Å². The van der Waals surface area contributed by atoms with Gasteiger partial charge in [0.15, 0.2) is 0 Å². The standard InChI is InChI=1S/C17H20ClNOS/c18-13-5-3-12(4-6-13)17(7-1-2-8-17)16(20)19-10-15-9-14(19)11-21-15/h3-6,14-15H,1-2,7-11H2/t14-,15+/m0/s1. The average molecular weight is 322 g/mol. The van der Waals surface area contributed by atoms with Crippen LogP contribution < -0.4 is 0 Å². The summed E-state index contributed by atoms with van der Waals surface area (Å²) in [5, 5.41) is 1.43. The van der Waals surface area contributed by atoms with Gasteiger partial charge in [0.05, 0.1) is 5.41 Å². The van der Waals surface area contributed by atoms with Gasteiger partial charge in [0.2, 0.25) is 5.91 Å². The number of benzene rings is 1. The number of rotatable bonds is 2. The molecule has 0 aromatic heterocycles. The Morgan fingerprint density at radius 2 is 1.95 bits per heavy atom. The highest BCUT2D eigenvalue weighted by Gasteiger charge is 2.50. The first-order valence-corrected chi connectivity index (χ1v) is 9.30. The van der Waals surface area contributed by atoms with E-state index in [-0.39, 0.29) is 5.41 Å². The van der Waals surface area contributed by atoms with Gasteiger partial charge in [0.25, 0.3) is 0 Å². The first-order valence-electron chi connectivity index (χ1n) is 7.88. The molecule has 2 aliphatic heterocycles. The van der Waals surface area contributed by atoms with E-state index in [4.69, 9.17) is 11.6 Å². The number of carbonyl (C=O) groups excluding carboxylic acids is 1. The number of amides is 1. The Balaban J connectivity index is 1.67. The Morgan fingerprint density at radius 3 is 2.52 bits per heavy atom. The smallest absolute Gasteiger partial charge is 0.233 e. The van der Waals surface area contributed by atoms with E-state index in [2.05, 4.69) is 17.0 Å². The van der Waals surface area contributed by atoms with Crippen LogP contribution in [0.3, 0.4) is 0 Å². The van der Waals surface area contributed by atoms with Crippen LogP contribution in [-0.4, -0.2) is 34.4 Å². The van der Waals surface area contributed by atoms with Crippen molar-refractivity contribution >= 4 is 29.3 Å². The lowest BCUT2D eigenvalue weighted by Crippen LogP contribution is -2.49. The fourth-order valence-electron chi connectivity index (χ4n) is 4.30. The van der Waals surface area contributed by atoms with Gasteiger partial charge in [-0.2, -0.15) is 11.8 Å². The first-order chi connectivity index (χ1) is 10.2. The molecule has 1 aromatic carbocycles. The molecular formula is C17H20ClNOS. The summed E-state index contributed by atoms with van der Waals surface area (Å²) in [6.45, 7) is 0.962. The molecule has 4 rings (SSSR count). The number of nitrogens with zero attached hydrogens (tertiary/aromatic N) is 1.